The van der Waals surface area contributed by atoms with E-state index in [1.807, 2.05) is 0 Å². The smallest absolute Gasteiger partial charge is 0.0198 e. The summed E-state index contributed by atoms with van der Waals surface area (Å²) in [7, 11) is 4.31. The molecule has 0 unspecified atom stereocenters. The van der Waals surface area contributed by atoms with E-state index >= 15 is 0 Å². The third-order valence-electron chi connectivity index (χ3n) is 3.88. The molecular formula is C14H31N3. The van der Waals surface area contributed by atoms with Crippen molar-refractivity contribution in [3.63, 3.8) is 0 Å². The molecule has 0 aromatic carbocycles. The molecule has 0 aliphatic carbocycles. The first-order chi connectivity index (χ1) is 7.91. The third kappa shape index (κ3) is 4.57. The predicted molar refractivity (Wildman–Crippen MR) is 75.5 cm³/mol. The van der Waals surface area contributed by atoms with Gasteiger partial charge in [0, 0.05) is 31.2 Å². The molecule has 1 saturated heterocycles. The molecule has 3 nitrogen and oxygen atoms in total. The molecule has 0 aromatic rings. The van der Waals surface area contributed by atoms with Gasteiger partial charge in [-0.05, 0) is 61.3 Å². The lowest BCUT2D eigenvalue weighted by Crippen LogP contribution is -2.58. The van der Waals surface area contributed by atoms with Crippen molar-refractivity contribution in [2.75, 3.05) is 40.3 Å². The van der Waals surface area contributed by atoms with E-state index in [0.717, 1.165) is 0 Å². The van der Waals surface area contributed by atoms with Gasteiger partial charge in [-0.25, -0.2) is 0 Å². The number of hydrogen-bond acceptors (Lipinski definition) is 3. The molecule has 0 amide bonds. The first-order valence-corrected chi connectivity index (χ1v) is 7.06. The van der Waals surface area contributed by atoms with Gasteiger partial charge in [-0.3, -0.25) is 9.80 Å². The Kier molecular flexibility index (Phi) is 5.90. The SMILES string of the molecule is CC(C)N1C[C@H](C)N(CCCN(C)C)C[C@@H]1C. The highest BCUT2D eigenvalue weighted by atomic mass is 15.3. The van der Waals surface area contributed by atoms with Gasteiger partial charge in [0.1, 0.15) is 0 Å². The van der Waals surface area contributed by atoms with E-state index in [9.17, 15) is 0 Å². The molecule has 1 aliphatic rings. The van der Waals surface area contributed by atoms with Crippen LogP contribution in [0.3, 0.4) is 0 Å². The quantitative estimate of drug-likeness (QED) is 0.726. The van der Waals surface area contributed by atoms with Gasteiger partial charge in [-0.2, -0.15) is 0 Å². The van der Waals surface area contributed by atoms with Crippen LogP contribution in [0.25, 0.3) is 0 Å². The second-order valence-electron chi connectivity index (χ2n) is 6.14. The lowest BCUT2D eigenvalue weighted by atomic mass is 10.1. The minimum atomic E-state index is 0.677. The Labute approximate surface area is 108 Å². The van der Waals surface area contributed by atoms with Crippen LogP contribution < -0.4 is 0 Å². The summed E-state index contributed by atoms with van der Waals surface area (Å²) in [4.78, 5) is 7.57. The maximum Gasteiger partial charge on any atom is 0.0198 e. The first-order valence-electron chi connectivity index (χ1n) is 7.06. The molecule has 0 aromatic heterocycles. The summed E-state index contributed by atoms with van der Waals surface area (Å²) in [5.41, 5.74) is 0. The van der Waals surface area contributed by atoms with E-state index in [-0.39, 0.29) is 0 Å². The maximum absolute atomic E-state index is 2.66. The summed E-state index contributed by atoms with van der Waals surface area (Å²) in [6.07, 6.45) is 1.28. The highest BCUT2D eigenvalue weighted by Gasteiger charge is 2.29. The van der Waals surface area contributed by atoms with E-state index in [1.54, 1.807) is 0 Å². The molecule has 1 rings (SSSR count). The van der Waals surface area contributed by atoms with Gasteiger partial charge in [0.05, 0.1) is 0 Å². The minimum absolute atomic E-state index is 0.677. The van der Waals surface area contributed by atoms with Gasteiger partial charge in [0.15, 0.2) is 0 Å². The molecule has 1 heterocycles. The van der Waals surface area contributed by atoms with Gasteiger partial charge in [-0.15, -0.1) is 0 Å². The first kappa shape index (κ1) is 14.9. The van der Waals surface area contributed by atoms with Crippen molar-refractivity contribution < 1.29 is 0 Å². The number of rotatable bonds is 5. The third-order valence-corrected chi connectivity index (χ3v) is 3.88. The maximum atomic E-state index is 2.66. The van der Waals surface area contributed by atoms with Gasteiger partial charge >= 0.3 is 0 Å². The molecule has 0 radical (unpaired) electrons. The fourth-order valence-corrected chi connectivity index (χ4v) is 2.85. The molecule has 0 bridgehead atoms. The van der Waals surface area contributed by atoms with Crippen LogP contribution in [0.2, 0.25) is 0 Å². The van der Waals surface area contributed by atoms with Crippen molar-refractivity contribution in [2.45, 2.75) is 52.2 Å². The topological polar surface area (TPSA) is 9.72 Å². The molecular weight excluding hydrogens is 210 g/mol. The molecule has 0 spiro atoms. The molecule has 0 N–H and O–H groups in total. The van der Waals surface area contributed by atoms with Crippen LogP contribution in [0.5, 0.6) is 0 Å². The summed E-state index contributed by atoms with van der Waals surface area (Å²) >= 11 is 0. The molecule has 1 fully saturated rings. The van der Waals surface area contributed by atoms with E-state index in [1.165, 1.54) is 32.6 Å². The standard InChI is InChI=1S/C14H31N3/c1-12(2)17-11-13(3)16(10-14(17)4)9-7-8-15(5)6/h12-14H,7-11H2,1-6H3/t13-,14-/m0/s1. The largest absolute Gasteiger partial charge is 0.309 e. The Morgan fingerprint density at radius 2 is 1.76 bits per heavy atom. The van der Waals surface area contributed by atoms with Crippen LogP contribution in [-0.2, 0) is 0 Å². The lowest BCUT2D eigenvalue weighted by molar-refractivity contribution is 0.0225. The summed E-state index contributed by atoms with van der Waals surface area (Å²) in [5, 5.41) is 0. The molecule has 3 heteroatoms. The summed E-state index contributed by atoms with van der Waals surface area (Å²) < 4.78 is 0. The van der Waals surface area contributed by atoms with Crippen molar-refractivity contribution >= 4 is 0 Å². The Morgan fingerprint density at radius 3 is 2.29 bits per heavy atom. The van der Waals surface area contributed by atoms with E-state index < -0.39 is 0 Å². The summed E-state index contributed by atoms with van der Waals surface area (Å²) in [6.45, 7) is 14.3. The van der Waals surface area contributed by atoms with Crippen LogP contribution in [0.4, 0.5) is 0 Å². The Balaban J connectivity index is 2.38. The van der Waals surface area contributed by atoms with Gasteiger partial charge in [0.2, 0.25) is 0 Å². The molecule has 1 aliphatic heterocycles. The van der Waals surface area contributed by atoms with E-state index in [2.05, 4.69) is 56.5 Å². The number of hydrogen-bond donors (Lipinski definition) is 0. The average molecular weight is 241 g/mol. The fourth-order valence-electron chi connectivity index (χ4n) is 2.85. The van der Waals surface area contributed by atoms with Crippen LogP contribution in [0.1, 0.15) is 34.1 Å². The van der Waals surface area contributed by atoms with Gasteiger partial charge in [-0.1, -0.05) is 0 Å². The molecule has 2 atom stereocenters. The van der Waals surface area contributed by atoms with E-state index in [4.69, 9.17) is 0 Å². The Hall–Kier alpha value is -0.120. The Bertz CT molecular complexity index is 216. The highest BCUT2D eigenvalue weighted by molar-refractivity contribution is 4.86. The van der Waals surface area contributed by atoms with Crippen LogP contribution >= 0.6 is 0 Å². The van der Waals surface area contributed by atoms with Crippen LogP contribution in [0.15, 0.2) is 0 Å². The second-order valence-corrected chi connectivity index (χ2v) is 6.14. The Morgan fingerprint density at radius 1 is 1.12 bits per heavy atom. The van der Waals surface area contributed by atoms with Crippen molar-refractivity contribution in [3.8, 4) is 0 Å². The van der Waals surface area contributed by atoms with Gasteiger partial charge < -0.3 is 4.90 Å². The molecule has 102 valence electrons. The monoisotopic (exact) mass is 241 g/mol. The number of nitrogens with zero attached hydrogens (tertiary/aromatic N) is 3. The molecule has 17 heavy (non-hydrogen) atoms. The molecule has 0 saturated carbocycles. The zero-order valence-corrected chi connectivity index (χ0v) is 12.6. The average Bonchev–Trinajstić information content (AvgIpc) is 2.21. The fraction of sp³-hybridized carbons (Fsp3) is 1.00. The zero-order chi connectivity index (χ0) is 13.0. The van der Waals surface area contributed by atoms with Crippen molar-refractivity contribution in [2.24, 2.45) is 0 Å². The number of piperazine rings is 1. The van der Waals surface area contributed by atoms with Crippen molar-refractivity contribution in [1.82, 2.24) is 14.7 Å². The normalized spacial score (nSPS) is 28.2. The van der Waals surface area contributed by atoms with E-state index in [0.29, 0.717) is 18.1 Å². The van der Waals surface area contributed by atoms with Crippen molar-refractivity contribution in [1.29, 1.82) is 0 Å². The minimum Gasteiger partial charge on any atom is -0.309 e. The lowest BCUT2D eigenvalue weighted by Gasteiger charge is -2.46. The van der Waals surface area contributed by atoms with Crippen LogP contribution in [0, 0.1) is 0 Å². The zero-order valence-electron chi connectivity index (χ0n) is 12.6. The van der Waals surface area contributed by atoms with Crippen molar-refractivity contribution in [3.05, 3.63) is 0 Å². The summed E-state index contributed by atoms with van der Waals surface area (Å²) in [6, 6.07) is 2.08. The highest BCUT2D eigenvalue weighted by Crippen LogP contribution is 2.17. The summed E-state index contributed by atoms with van der Waals surface area (Å²) in [5.74, 6) is 0. The predicted octanol–water partition coefficient (Wildman–Crippen LogP) is 1.74. The van der Waals surface area contributed by atoms with Gasteiger partial charge in [0.25, 0.3) is 0 Å². The second kappa shape index (κ2) is 6.72. The van der Waals surface area contributed by atoms with Crippen LogP contribution in [-0.4, -0.2) is 73.1 Å².